The Kier molecular flexibility index (Phi) is 3.01. The van der Waals surface area contributed by atoms with Gasteiger partial charge in [-0.1, -0.05) is 12.1 Å². The van der Waals surface area contributed by atoms with Gasteiger partial charge in [0.05, 0.1) is 4.90 Å². The van der Waals surface area contributed by atoms with E-state index in [1.54, 1.807) is 19.1 Å². The van der Waals surface area contributed by atoms with E-state index in [0.29, 0.717) is 11.4 Å². The van der Waals surface area contributed by atoms with Crippen molar-refractivity contribution in [1.82, 2.24) is 4.72 Å². The summed E-state index contributed by atoms with van der Waals surface area (Å²) in [5, 5.41) is 0. The van der Waals surface area contributed by atoms with Gasteiger partial charge in [0.2, 0.25) is 10.0 Å². The molecule has 0 unspecified atom stereocenters. The molecule has 1 aromatic rings. The summed E-state index contributed by atoms with van der Waals surface area (Å²) in [7, 11) is -3.42. The highest BCUT2D eigenvalue weighted by atomic mass is 32.2. The number of benzene rings is 1. The maximum atomic E-state index is 12.2. The summed E-state index contributed by atoms with van der Waals surface area (Å²) in [5.74, 6) is 0. The molecular formula is C12H18N2O2S. The monoisotopic (exact) mass is 254 g/mol. The van der Waals surface area contributed by atoms with Crippen molar-refractivity contribution in [2.45, 2.75) is 43.7 Å². The van der Waals surface area contributed by atoms with Gasteiger partial charge in [0, 0.05) is 12.1 Å². The minimum atomic E-state index is -3.42. The van der Waals surface area contributed by atoms with Gasteiger partial charge < -0.3 is 5.73 Å². The lowest BCUT2D eigenvalue weighted by Gasteiger charge is -2.15. The van der Waals surface area contributed by atoms with Crippen LogP contribution >= 0.6 is 0 Å². The molecule has 1 saturated carbocycles. The van der Waals surface area contributed by atoms with Gasteiger partial charge in [0.25, 0.3) is 0 Å². The molecular weight excluding hydrogens is 236 g/mol. The molecule has 17 heavy (non-hydrogen) atoms. The van der Waals surface area contributed by atoms with Crippen molar-refractivity contribution in [3.8, 4) is 0 Å². The van der Waals surface area contributed by atoms with Crippen molar-refractivity contribution in [3.63, 3.8) is 0 Å². The van der Waals surface area contributed by atoms with Crippen LogP contribution in [0.25, 0.3) is 0 Å². The molecule has 0 atom stereocenters. The molecule has 0 aromatic heterocycles. The Labute approximate surface area is 102 Å². The molecule has 0 radical (unpaired) electrons. The highest BCUT2D eigenvalue weighted by molar-refractivity contribution is 7.89. The van der Waals surface area contributed by atoms with Crippen molar-refractivity contribution >= 4 is 10.0 Å². The van der Waals surface area contributed by atoms with E-state index in [-0.39, 0.29) is 5.54 Å². The van der Waals surface area contributed by atoms with E-state index in [2.05, 4.69) is 4.72 Å². The van der Waals surface area contributed by atoms with Crippen molar-refractivity contribution in [2.75, 3.05) is 0 Å². The van der Waals surface area contributed by atoms with Crippen molar-refractivity contribution in [1.29, 1.82) is 0 Å². The second-order valence-electron chi connectivity index (χ2n) is 4.91. The number of rotatable bonds is 4. The molecule has 94 valence electrons. The number of nitrogens with two attached hydrogens (primary N) is 1. The lowest BCUT2D eigenvalue weighted by atomic mass is 10.1. The first-order chi connectivity index (χ1) is 7.88. The normalized spacial score (nSPS) is 18.1. The Bertz CT molecular complexity index is 533. The molecule has 2 rings (SSSR count). The Morgan fingerprint density at radius 2 is 2.06 bits per heavy atom. The SMILES string of the molecule is Cc1c(CN)cccc1S(=O)(=O)NC1(C)CC1. The number of sulfonamides is 1. The Morgan fingerprint density at radius 3 is 2.59 bits per heavy atom. The molecule has 0 bridgehead atoms. The van der Waals surface area contributed by atoms with E-state index in [1.807, 2.05) is 13.0 Å². The predicted octanol–water partition coefficient (Wildman–Crippen LogP) is 1.28. The second kappa shape index (κ2) is 4.08. The van der Waals surface area contributed by atoms with E-state index < -0.39 is 10.0 Å². The average Bonchev–Trinajstić information content (AvgIpc) is 2.95. The number of nitrogens with one attached hydrogen (secondary N) is 1. The highest BCUT2D eigenvalue weighted by Crippen LogP contribution is 2.36. The average molecular weight is 254 g/mol. The third kappa shape index (κ3) is 2.51. The first-order valence-corrected chi connectivity index (χ1v) is 7.19. The van der Waals surface area contributed by atoms with Crippen LogP contribution in [0.1, 0.15) is 30.9 Å². The van der Waals surface area contributed by atoms with Gasteiger partial charge in [0.1, 0.15) is 0 Å². The van der Waals surface area contributed by atoms with E-state index in [9.17, 15) is 8.42 Å². The van der Waals surface area contributed by atoms with Crippen LogP contribution < -0.4 is 10.5 Å². The fraction of sp³-hybridized carbons (Fsp3) is 0.500. The van der Waals surface area contributed by atoms with Crippen LogP contribution in [-0.4, -0.2) is 14.0 Å². The molecule has 1 aliphatic rings. The molecule has 0 spiro atoms. The van der Waals surface area contributed by atoms with Crippen LogP contribution in [0.3, 0.4) is 0 Å². The van der Waals surface area contributed by atoms with Gasteiger partial charge in [-0.2, -0.15) is 0 Å². The number of hydrogen-bond donors (Lipinski definition) is 2. The summed E-state index contributed by atoms with van der Waals surface area (Å²) < 4.78 is 27.2. The molecule has 0 amide bonds. The third-order valence-corrected chi connectivity index (χ3v) is 5.07. The van der Waals surface area contributed by atoms with Gasteiger partial charge in [-0.3, -0.25) is 0 Å². The van der Waals surface area contributed by atoms with Crippen LogP contribution in [-0.2, 0) is 16.6 Å². The molecule has 5 heteroatoms. The maximum Gasteiger partial charge on any atom is 0.241 e. The van der Waals surface area contributed by atoms with E-state index in [0.717, 1.165) is 24.0 Å². The van der Waals surface area contributed by atoms with Crippen molar-refractivity contribution in [3.05, 3.63) is 29.3 Å². The van der Waals surface area contributed by atoms with Gasteiger partial charge in [0.15, 0.2) is 0 Å². The zero-order valence-corrected chi connectivity index (χ0v) is 11.0. The molecule has 0 aliphatic heterocycles. The minimum absolute atomic E-state index is 0.246. The molecule has 0 saturated heterocycles. The smallest absolute Gasteiger partial charge is 0.241 e. The zero-order chi connectivity index (χ0) is 12.7. The van der Waals surface area contributed by atoms with E-state index in [4.69, 9.17) is 5.73 Å². The van der Waals surface area contributed by atoms with E-state index >= 15 is 0 Å². The second-order valence-corrected chi connectivity index (χ2v) is 6.56. The predicted molar refractivity (Wildman–Crippen MR) is 67.0 cm³/mol. The first kappa shape index (κ1) is 12.5. The molecule has 1 fully saturated rings. The molecule has 4 nitrogen and oxygen atoms in total. The minimum Gasteiger partial charge on any atom is -0.326 e. The Hall–Kier alpha value is -0.910. The fourth-order valence-electron chi connectivity index (χ4n) is 1.84. The molecule has 1 aliphatic carbocycles. The number of hydrogen-bond acceptors (Lipinski definition) is 3. The summed E-state index contributed by atoms with van der Waals surface area (Å²) in [6.45, 7) is 4.07. The van der Waals surface area contributed by atoms with Crippen LogP contribution in [0.2, 0.25) is 0 Å². The summed E-state index contributed by atoms with van der Waals surface area (Å²) in [6.07, 6.45) is 1.81. The summed E-state index contributed by atoms with van der Waals surface area (Å²) >= 11 is 0. The zero-order valence-electron chi connectivity index (χ0n) is 10.2. The van der Waals surface area contributed by atoms with Crippen LogP contribution in [0.4, 0.5) is 0 Å². The van der Waals surface area contributed by atoms with E-state index in [1.165, 1.54) is 0 Å². The lowest BCUT2D eigenvalue weighted by molar-refractivity contribution is 0.557. The maximum absolute atomic E-state index is 12.2. The lowest BCUT2D eigenvalue weighted by Crippen LogP contribution is -2.34. The topological polar surface area (TPSA) is 72.2 Å². The third-order valence-electron chi connectivity index (χ3n) is 3.29. The summed E-state index contributed by atoms with van der Waals surface area (Å²) in [4.78, 5) is 0.341. The Balaban J connectivity index is 2.39. The molecule has 3 N–H and O–H groups in total. The van der Waals surface area contributed by atoms with Crippen LogP contribution in [0, 0.1) is 6.92 Å². The van der Waals surface area contributed by atoms with Crippen molar-refractivity contribution in [2.24, 2.45) is 5.73 Å². The van der Waals surface area contributed by atoms with Gasteiger partial charge >= 0.3 is 0 Å². The fourth-order valence-corrected chi connectivity index (χ4v) is 3.60. The molecule has 1 aromatic carbocycles. The molecule has 0 heterocycles. The standard InChI is InChI=1S/C12H18N2O2S/c1-9-10(8-13)4-3-5-11(9)17(15,16)14-12(2)6-7-12/h3-5,14H,6-8,13H2,1-2H3. The largest absolute Gasteiger partial charge is 0.326 e. The van der Waals surface area contributed by atoms with Crippen LogP contribution in [0.5, 0.6) is 0 Å². The Morgan fingerprint density at radius 1 is 1.41 bits per heavy atom. The van der Waals surface area contributed by atoms with Gasteiger partial charge in [-0.25, -0.2) is 13.1 Å². The highest BCUT2D eigenvalue weighted by Gasteiger charge is 2.41. The van der Waals surface area contributed by atoms with Gasteiger partial charge in [-0.05, 0) is 43.9 Å². The summed E-state index contributed by atoms with van der Waals surface area (Å²) in [6, 6.07) is 5.22. The van der Waals surface area contributed by atoms with Crippen molar-refractivity contribution < 1.29 is 8.42 Å². The first-order valence-electron chi connectivity index (χ1n) is 5.70. The quantitative estimate of drug-likeness (QED) is 0.850. The van der Waals surface area contributed by atoms with Crippen LogP contribution in [0.15, 0.2) is 23.1 Å². The summed E-state index contributed by atoms with van der Waals surface area (Å²) in [5.41, 5.74) is 6.95. The van der Waals surface area contributed by atoms with Gasteiger partial charge in [-0.15, -0.1) is 0 Å².